The molecule has 0 unspecified atom stereocenters. The molecule has 0 aliphatic carbocycles. The van der Waals surface area contributed by atoms with E-state index in [0.717, 1.165) is 9.79 Å². The van der Waals surface area contributed by atoms with E-state index in [0.29, 0.717) is 10.8 Å². The van der Waals surface area contributed by atoms with Crippen LogP contribution in [0.1, 0.15) is 16.4 Å². The van der Waals surface area contributed by atoms with E-state index < -0.39 is 11.6 Å². The van der Waals surface area contributed by atoms with Crippen LogP contribution in [0.15, 0.2) is 57.1 Å². The number of hydrogen-bond acceptors (Lipinski definition) is 6. The van der Waals surface area contributed by atoms with Gasteiger partial charge >= 0.3 is 0 Å². The maximum atomic E-state index is 12.0. The van der Waals surface area contributed by atoms with Gasteiger partial charge in [0, 0.05) is 4.90 Å². The van der Waals surface area contributed by atoms with Crippen molar-refractivity contribution < 1.29 is 14.0 Å². The maximum absolute atomic E-state index is 12.0. The van der Waals surface area contributed by atoms with Gasteiger partial charge in [0.1, 0.15) is 12.1 Å². The fourth-order valence-electron chi connectivity index (χ4n) is 1.87. The number of furan rings is 1. The van der Waals surface area contributed by atoms with E-state index in [1.54, 1.807) is 12.1 Å². The summed E-state index contributed by atoms with van der Waals surface area (Å²) in [5.41, 5.74) is 0. The number of aromatic amines is 1. The van der Waals surface area contributed by atoms with Crippen LogP contribution in [0, 0.1) is 0 Å². The number of hydrogen-bond donors (Lipinski definition) is 1. The van der Waals surface area contributed by atoms with Gasteiger partial charge in [-0.3, -0.25) is 14.7 Å². The second-order valence-corrected chi connectivity index (χ2v) is 5.99. The predicted octanol–water partition coefficient (Wildman–Crippen LogP) is 3.20. The first-order valence-corrected chi connectivity index (χ1v) is 7.76. The first-order valence-electron chi connectivity index (χ1n) is 6.57. The molecule has 1 N–H and O–H groups in total. The molecule has 0 aliphatic rings. The van der Waals surface area contributed by atoms with Crippen LogP contribution in [0.4, 0.5) is 0 Å². The number of carbonyl (C=O) groups is 2. The minimum atomic E-state index is -0.729. The number of rotatable bonds is 6. The molecule has 116 valence electrons. The molecule has 6 nitrogen and oxygen atoms in total. The molecule has 3 aromatic rings. The fraction of sp³-hybridized carbons (Fsp3) is 0.0667. The van der Waals surface area contributed by atoms with Crippen LogP contribution in [0.5, 0.6) is 0 Å². The first-order chi connectivity index (χ1) is 11.1. The Bertz CT molecular complexity index is 845. The maximum Gasteiger partial charge on any atom is 0.265 e. The van der Waals surface area contributed by atoms with Gasteiger partial charge in [0.15, 0.2) is 5.82 Å². The van der Waals surface area contributed by atoms with Crippen molar-refractivity contribution in [3.63, 3.8) is 0 Å². The fourth-order valence-corrected chi connectivity index (χ4v) is 3.03. The van der Waals surface area contributed by atoms with Crippen molar-refractivity contribution in [3.8, 4) is 0 Å². The van der Waals surface area contributed by atoms with Gasteiger partial charge in [0.05, 0.1) is 22.6 Å². The standard InChI is InChI=1S/C15H10ClN3O3S/c16-9-3-1-2-4-12(9)23-13-5-6-22-11(13)7-10(20)14(21)15-17-8-18-19-15/h1-6,8H,7H2,(H,17,18,19). The molecule has 0 aliphatic heterocycles. The number of benzene rings is 1. The molecule has 23 heavy (non-hydrogen) atoms. The van der Waals surface area contributed by atoms with E-state index in [1.807, 2.05) is 18.2 Å². The Hall–Kier alpha value is -2.38. The minimum Gasteiger partial charge on any atom is -0.468 e. The molecule has 0 spiro atoms. The van der Waals surface area contributed by atoms with E-state index in [1.165, 1.54) is 24.4 Å². The SMILES string of the molecule is O=C(Cc1occc1Sc1ccccc1Cl)C(=O)c1ncn[nH]1. The average molecular weight is 348 g/mol. The van der Waals surface area contributed by atoms with Crippen LogP contribution in [0.2, 0.25) is 5.02 Å². The molecule has 0 atom stereocenters. The summed E-state index contributed by atoms with van der Waals surface area (Å²) in [6.07, 6.45) is 2.49. The van der Waals surface area contributed by atoms with Crippen LogP contribution in [-0.4, -0.2) is 26.7 Å². The molecule has 3 rings (SSSR count). The second kappa shape index (κ2) is 6.80. The summed E-state index contributed by atoms with van der Waals surface area (Å²) in [6.45, 7) is 0. The topological polar surface area (TPSA) is 88.8 Å². The van der Waals surface area contributed by atoms with Gasteiger partial charge in [0.25, 0.3) is 5.78 Å². The van der Waals surface area contributed by atoms with E-state index >= 15 is 0 Å². The van der Waals surface area contributed by atoms with Gasteiger partial charge in [-0.2, -0.15) is 5.10 Å². The monoisotopic (exact) mass is 347 g/mol. The highest BCUT2D eigenvalue weighted by molar-refractivity contribution is 7.99. The highest BCUT2D eigenvalue weighted by Crippen LogP contribution is 2.35. The molecule has 1 aromatic carbocycles. The Morgan fingerprint density at radius 1 is 1.22 bits per heavy atom. The van der Waals surface area contributed by atoms with Crippen molar-refractivity contribution in [1.29, 1.82) is 0 Å². The van der Waals surface area contributed by atoms with E-state index in [2.05, 4.69) is 15.2 Å². The number of ketones is 2. The number of halogens is 1. The molecule has 2 heterocycles. The molecular weight excluding hydrogens is 338 g/mol. The molecular formula is C15H10ClN3O3S. The molecule has 2 aromatic heterocycles. The Morgan fingerprint density at radius 3 is 2.78 bits per heavy atom. The predicted molar refractivity (Wildman–Crippen MR) is 83.7 cm³/mol. The van der Waals surface area contributed by atoms with Crippen molar-refractivity contribution in [3.05, 3.63) is 59.5 Å². The van der Waals surface area contributed by atoms with Gasteiger partial charge in [-0.15, -0.1) is 0 Å². The molecule has 0 amide bonds. The minimum absolute atomic E-state index is 0.0816. The smallest absolute Gasteiger partial charge is 0.265 e. The zero-order valence-corrected chi connectivity index (χ0v) is 13.2. The summed E-state index contributed by atoms with van der Waals surface area (Å²) in [4.78, 5) is 29.2. The van der Waals surface area contributed by atoms with Gasteiger partial charge in [-0.25, -0.2) is 4.98 Å². The molecule has 8 heteroatoms. The highest BCUT2D eigenvalue weighted by atomic mass is 35.5. The lowest BCUT2D eigenvalue weighted by molar-refractivity contribution is -0.114. The summed E-state index contributed by atoms with van der Waals surface area (Å²) in [7, 11) is 0. The van der Waals surface area contributed by atoms with Gasteiger partial charge in [0.2, 0.25) is 5.78 Å². The Balaban J connectivity index is 1.75. The van der Waals surface area contributed by atoms with Crippen LogP contribution in [-0.2, 0) is 11.2 Å². The molecule has 0 fully saturated rings. The summed E-state index contributed by atoms with van der Waals surface area (Å²) in [5, 5.41) is 6.53. The van der Waals surface area contributed by atoms with Crippen molar-refractivity contribution in [2.75, 3.05) is 0 Å². The van der Waals surface area contributed by atoms with Crippen LogP contribution in [0.25, 0.3) is 0 Å². The highest BCUT2D eigenvalue weighted by Gasteiger charge is 2.22. The molecule has 0 saturated carbocycles. The van der Waals surface area contributed by atoms with Crippen molar-refractivity contribution in [2.24, 2.45) is 0 Å². The number of nitrogens with one attached hydrogen (secondary N) is 1. The number of carbonyl (C=O) groups excluding carboxylic acids is 2. The quantitative estimate of drug-likeness (QED) is 0.544. The Kier molecular flexibility index (Phi) is 4.59. The van der Waals surface area contributed by atoms with E-state index in [9.17, 15) is 9.59 Å². The molecule has 0 bridgehead atoms. The third kappa shape index (κ3) is 3.52. The van der Waals surface area contributed by atoms with Crippen molar-refractivity contribution in [2.45, 2.75) is 16.2 Å². The third-order valence-electron chi connectivity index (χ3n) is 2.97. The Morgan fingerprint density at radius 2 is 2.04 bits per heavy atom. The molecule has 0 radical (unpaired) electrons. The van der Waals surface area contributed by atoms with Crippen LogP contribution < -0.4 is 0 Å². The van der Waals surface area contributed by atoms with E-state index in [4.69, 9.17) is 16.0 Å². The third-order valence-corrected chi connectivity index (χ3v) is 4.57. The summed E-state index contributed by atoms with van der Waals surface area (Å²) < 4.78 is 5.33. The first kappa shape index (κ1) is 15.5. The average Bonchev–Trinajstić information content (AvgIpc) is 3.21. The van der Waals surface area contributed by atoms with E-state index in [-0.39, 0.29) is 12.2 Å². The number of H-pyrrole nitrogens is 1. The number of aromatic nitrogens is 3. The Labute approximate surface area is 140 Å². The lowest BCUT2D eigenvalue weighted by Gasteiger charge is -2.03. The lowest BCUT2D eigenvalue weighted by atomic mass is 10.1. The van der Waals surface area contributed by atoms with Crippen LogP contribution >= 0.6 is 23.4 Å². The second-order valence-electron chi connectivity index (χ2n) is 4.50. The number of Topliss-reactive ketones (excluding diaryl/α,β-unsaturated/α-hetero) is 2. The summed E-state index contributed by atoms with van der Waals surface area (Å²) >= 11 is 7.50. The largest absolute Gasteiger partial charge is 0.468 e. The lowest BCUT2D eigenvalue weighted by Crippen LogP contribution is -2.18. The van der Waals surface area contributed by atoms with Gasteiger partial charge in [-0.1, -0.05) is 35.5 Å². The zero-order valence-electron chi connectivity index (χ0n) is 11.7. The summed E-state index contributed by atoms with van der Waals surface area (Å²) in [5.74, 6) is -1.03. The summed E-state index contributed by atoms with van der Waals surface area (Å²) in [6, 6.07) is 9.08. The van der Waals surface area contributed by atoms with Crippen LogP contribution in [0.3, 0.4) is 0 Å². The van der Waals surface area contributed by atoms with Crippen molar-refractivity contribution >= 4 is 34.9 Å². The zero-order chi connectivity index (χ0) is 16.2. The molecule has 0 saturated heterocycles. The van der Waals surface area contributed by atoms with Gasteiger partial charge in [-0.05, 0) is 18.2 Å². The van der Waals surface area contributed by atoms with Gasteiger partial charge < -0.3 is 4.42 Å². The van der Waals surface area contributed by atoms with Crippen molar-refractivity contribution in [1.82, 2.24) is 15.2 Å². The number of nitrogens with zero attached hydrogens (tertiary/aromatic N) is 2. The normalized spacial score (nSPS) is 10.7.